The van der Waals surface area contributed by atoms with E-state index in [4.69, 9.17) is 16.3 Å². The summed E-state index contributed by atoms with van der Waals surface area (Å²) in [5.74, 6) is -0.225. The van der Waals surface area contributed by atoms with E-state index in [-0.39, 0.29) is 22.9 Å². The molecule has 0 spiro atoms. The van der Waals surface area contributed by atoms with Gasteiger partial charge in [-0.25, -0.2) is 14.8 Å². The van der Waals surface area contributed by atoms with Crippen molar-refractivity contribution in [3.63, 3.8) is 0 Å². The van der Waals surface area contributed by atoms with Crippen LogP contribution in [0, 0.1) is 5.92 Å². The van der Waals surface area contributed by atoms with E-state index < -0.39 is 5.60 Å². The van der Waals surface area contributed by atoms with Gasteiger partial charge in [0.2, 0.25) is 0 Å². The predicted molar refractivity (Wildman–Crippen MR) is 81.9 cm³/mol. The topological polar surface area (TPSA) is 72.4 Å². The zero-order valence-corrected chi connectivity index (χ0v) is 13.8. The number of hydrogen-bond donors (Lipinski definition) is 0. The van der Waals surface area contributed by atoms with E-state index in [1.165, 1.54) is 12.5 Å². The number of ether oxygens (including phenoxy) is 1. The molecule has 1 aliphatic rings. The zero-order valence-electron chi connectivity index (χ0n) is 13.0. The average molecular weight is 326 g/mol. The van der Waals surface area contributed by atoms with Gasteiger partial charge in [0.15, 0.2) is 5.78 Å². The van der Waals surface area contributed by atoms with Crippen LogP contribution in [0.3, 0.4) is 0 Å². The molecule has 0 aromatic carbocycles. The Hall–Kier alpha value is -1.69. The van der Waals surface area contributed by atoms with Crippen LogP contribution in [0.25, 0.3) is 0 Å². The summed E-state index contributed by atoms with van der Waals surface area (Å²) in [6, 6.07) is 0. The fraction of sp³-hybridized carbons (Fsp3) is 0.600. The summed E-state index contributed by atoms with van der Waals surface area (Å²) < 4.78 is 5.34. The highest BCUT2D eigenvalue weighted by Gasteiger charge is 2.31. The SMILES string of the molecule is CC(C)(C)OC(=O)N1CCC(C(=O)c2cncnc2Cl)CC1. The normalized spacial score (nSPS) is 16.5. The molecule has 0 N–H and O–H groups in total. The molecule has 6 nitrogen and oxygen atoms in total. The lowest BCUT2D eigenvalue weighted by atomic mass is 9.90. The predicted octanol–water partition coefficient (Wildman–Crippen LogP) is 2.96. The van der Waals surface area contributed by atoms with Crippen molar-refractivity contribution in [2.45, 2.75) is 39.2 Å². The molecular formula is C15H20ClN3O3. The molecule has 22 heavy (non-hydrogen) atoms. The van der Waals surface area contributed by atoms with E-state index in [9.17, 15) is 9.59 Å². The maximum atomic E-state index is 12.4. The van der Waals surface area contributed by atoms with Crippen molar-refractivity contribution >= 4 is 23.5 Å². The van der Waals surface area contributed by atoms with Crippen molar-refractivity contribution in [3.05, 3.63) is 23.2 Å². The van der Waals surface area contributed by atoms with E-state index in [2.05, 4.69) is 9.97 Å². The Morgan fingerprint density at radius 2 is 1.95 bits per heavy atom. The summed E-state index contributed by atoms with van der Waals surface area (Å²) in [6.07, 6.45) is 3.59. The molecule has 1 amide bonds. The van der Waals surface area contributed by atoms with Gasteiger partial charge in [0, 0.05) is 25.2 Å². The quantitative estimate of drug-likeness (QED) is 0.617. The van der Waals surface area contributed by atoms with E-state index in [1.54, 1.807) is 4.90 Å². The van der Waals surface area contributed by atoms with Crippen LogP contribution < -0.4 is 0 Å². The number of ketones is 1. The van der Waals surface area contributed by atoms with Crippen molar-refractivity contribution in [2.75, 3.05) is 13.1 Å². The first-order chi connectivity index (χ1) is 10.3. The molecule has 1 aromatic heterocycles. The molecule has 1 fully saturated rings. The molecular weight excluding hydrogens is 306 g/mol. The summed E-state index contributed by atoms with van der Waals surface area (Å²) in [7, 11) is 0. The molecule has 1 saturated heterocycles. The Morgan fingerprint density at radius 1 is 1.32 bits per heavy atom. The second kappa shape index (κ2) is 6.60. The Balaban J connectivity index is 1.94. The molecule has 0 aliphatic carbocycles. The van der Waals surface area contributed by atoms with Gasteiger partial charge >= 0.3 is 6.09 Å². The Bertz CT molecular complexity index is 563. The average Bonchev–Trinajstić information content (AvgIpc) is 2.45. The van der Waals surface area contributed by atoms with Gasteiger partial charge in [0.05, 0.1) is 5.56 Å². The first kappa shape index (κ1) is 16.7. The van der Waals surface area contributed by atoms with Crippen molar-refractivity contribution in [1.82, 2.24) is 14.9 Å². The van der Waals surface area contributed by atoms with Crippen LogP contribution in [0.5, 0.6) is 0 Å². The lowest BCUT2D eigenvalue weighted by Gasteiger charge is -2.32. The minimum atomic E-state index is -0.515. The highest BCUT2D eigenvalue weighted by atomic mass is 35.5. The fourth-order valence-electron chi connectivity index (χ4n) is 2.35. The third-order valence-electron chi connectivity index (χ3n) is 3.45. The van der Waals surface area contributed by atoms with Crippen LogP contribution in [0.4, 0.5) is 4.79 Å². The van der Waals surface area contributed by atoms with Gasteiger partial charge in [-0.3, -0.25) is 4.79 Å². The monoisotopic (exact) mass is 325 g/mol. The summed E-state index contributed by atoms with van der Waals surface area (Å²) in [5, 5.41) is 0.176. The molecule has 0 saturated carbocycles. The number of carbonyl (C=O) groups is 2. The maximum Gasteiger partial charge on any atom is 0.410 e. The van der Waals surface area contributed by atoms with Crippen LogP contribution >= 0.6 is 11.6 Å². The smallest absolute Gasteiger partial charge is 0.410 e. The van der Waals surface area contributed by atoms with Gasteiger partial charge in [-0.1, -0.05) is 11.6 Å². The number of hydrogen-bond acceptors (Lipinski definition) is 5. The first-order valence-electron chi connectivity index (χ1n) is 7.25. The van der Waals surface area contributed by atoms with Crippen LogP contribution in [-0.4, -0.2) is 45.4 Å². The van der Waals surface area contributed by atoms with Gasteiger partial charge in [-0.15, -0.1) is 0 Å². The van der Waals surface area contributed by atoms with Gasteiger partial charge in [0.1, 0.15) is 17.1 Å². The highest BCUT2D eigenvalue weighted by Crippen LogP contribution is 2.25. The van der Waals surface area contributed by atoms with Crippen LogP contribution in [-0.2, 0) is 4.74 Å². The van der Waals surface area contributed by atoms with Crippen molar-refractivity contribution in [2.24, 2.45) is 5.92 Å². The fourth-order valence-corrected chi connectivity index (χ4v) is 2.54. The second-order valence-electron chi connectivity index (χ2n) is 6.33. The van der Waals surface area contributed by atoms with Crippen LogP contribution in [0.2, 0.25) is 5.15 Å². The molecule has 1 aliphatic heterocycles. The number of carbonyl (C=O) groups excluding carboxylic acids is 2. The number of Topliss-reactive ketones (excluding diaryl/α,β-unsaturated/α-hetero) is 1. The highest BCUT2D eigenvalue weighted by molar-refractivity contribution is 6.32. The third kappa shape index (κ3) is 4.16. The van der Waals surface area contributed by atoms with Crippen molar-refractivity contribution < 1.29 is 14.3 Å². The van der Waals surface area contributed by atoms with Crippen LogP contribution in [0.1, 0.15) is 44.0 Å². The van der Waals surface area contributed by atoms with Gasteiger partial charge in [-0.2, -0.15) is 0 Å². The van der Waals surface area contributed by atoms with Crippen molar-refractivity contribution in [3.8, 4) is 0 Å². The summed E-state index contributed by atoms with van der Waals surface area (Å²) in [6.45, 7) is 6.49. The van der Waals surface area contributed by atoms with E-state index >= 15 is 0 Å². The largest absolute Gasteiger partial charge is 0.444 e. The number of nitrogens with zero attached hydrogens (tertiary/aromatic N) is 3. The first-order valence-corrected chi connectivity index (χ1v) is 7.63. The molecule has 120 valence electrons. The number of piperidine rings is 1. The Kier molecular flexibility index (Phi) is 5.01. The third-order valence-corrected chi connectivity index (χ3v) is 3.75. The standard InChI is InChI=1S/C15H20ClN3O3/c1-15(2,3)22-14(21)19-6-4-10(5-7-19)12(20)11-8-17-9-18-13(11)16/h8-10H,4-7H2,1-3H3. The molecule has 2 rings (SSSR count). The number of aromatic nitrogens is 2. The number of likely N-dealkylation sites (tertiary alicyclic amines) is 1. The number of amides is 1. The number of halogens is 1. The molecule has 0 bridgehead atoms. The van der Waals surface area contributed by atoms with Crippen LogP contribution in [0.15, 0.2) is 12.5 Å². The Labute approximate surface area is 134 Å². The van der Waals surface area contributed by atoms with E-state index in [0.29, 0.717) is 31.5 Å². The zero-order chi connectivity index (χ0) is 16.3. The lowest BCUT2D eigenvalue weighted by molar-refractivity contribution is 0.0182. The molecule has 0 unspecified atom stereocenters. The lowest BCUT2D eigenvalue weighted by Crippen LogP contribution is -2.43. The Morgan fingerprint density at radius 3 is 2.50 bits per heavy atom. The van der Waals surface area contributed by atoms with Gasteiger partial charge in [0.25, 0.3) is 0 Å². The maximum absolute atomic E-state index is 12.4. The number of rotatable bonds is 2. The molecule has 2 heterocycles. The van der Waals surface area contributed by atoms with Gasteiger partial charge < -0.3 is 9.64 Å². The summed E-state index contributed by atoms with van der Waals surface area (Å²) in [4.78, 5) is 33.7. The minimum Gasteiger partial charge on any atom is -0.444 e. The molecule has 0 radical (unpaired) electrons. The van der Waals surface area contributed by atoms with E-state index in [1.807, 2.05) is 20.8 Å². The van der Waals surface area contributed by atoms with Gasteiger partial charge in [-0.05, 0) is 33.6 Å². The molecule has 1 aromatic rings. The van der Waals surface area contributed by atoms with E-state index in [0.717, 1.165) is 0 Å². The summed E-state index contributed by atoms with van der Waals surface area (Å²) >= 11 is 5.93. The van der Waals surface area contributed by atoms with Crippen molar-refractivity contribution in [1.29, 1.82) is 0 Å². The molecule has 0 atom stereocenters. The second-order valence-corrected chi connectivity index (χ2v) is 6.69. The summed E-state index contributed by atoms with van der Waals surface area (Å²) in [5.41, 5.74) is -0.168. The molecule has 7 heteroatoms. The minimum absolute atomic E-state index is 0.0607.